The molecule has 2 fully saturated rings. The molecule has 2 aliphatic carbocycles. The summed E-state index contributed by atoms with van der Waals surface area (Å²) in [5, 5.41) is 6.51. The highest BCUT2D eigenvalue weighted by Gasteiger charge is 2.51. The largest absolute Gasteiger partial charge is 0.465 e. The summed E-state index contributed by atoms with van der Waals surface area (Å²) in [6.07, 6.45) is 9.14. The summed E-state index contributed by atoms with van der Waals surface area (Å²) in [6, 6.07) is 0. The highest BCUT2D eigenvalue weighted by molar-refractivity contribution is 6.26. The van der Waals surface area contributed by atoms with Gasteiger partial charge >= 0.3 is 17.9 Å². The number of ether oxygens (including phenoxy) is 3. The Morgan fingerprint density at radius 3 is 1.38 bits per heavy atom. The number of H-pyrrole nitrogens is 1. The fraction of sp³-hybridized carbons (Fsp3) is 0.800. The Hall–Kier alpha value is -4.22. The van der Waals surface area contributed by atoms with Crippen LogP contribution in [-0.2, 0) is 33.4 Å². The summed E-state index contributed by atoms with van der Waals surface area (Å²) in [4.78, 5) is 83.1. The molecule has 12 heteroatoms. The van der Waals surface area contributed by atoms with E-state index < -0.39 is 34.3 Å². The van der Waals surface area contributed by atoms with Gasteiger partial charge in [0.15, 0.2) is 0 Å². The summed E-state index contributed by atoms with van der Waals surface area (Å²) in [7, 11) is 0. The SMILES string of the molecule is CCC(C)(C)C(=O)OCCCC(CC)(CC)C(=O)NC1=NC(=Cc2[nH]c(NC(=O)C(CC)(CC)CC)c(C(=O)OC3C(C(C)(C)C)CC(C)CC3C(C)(C)C)c2C(C)C)C(C(C)C)=C1C(=O)OC1C(C(C)(C)C)CC(C)CC1C(C)(C)C. The lowest BCUT2D eigenvalue weighted by Crippen LogP contribution is -2.50. The summed E-state index contributed by atoms with van der Waals surface area (Å²) < 4.78 is 19.8. The van der Waals surface area contributed by atoms with Crippen LogP contribution in [0.1, 0.15) is 285 Å². The molecule has 2 amide bonds. The molecule has 2 heterocycles. The van der Waals surface area contributed by atoms with E-state index in [1.165, 1.54) is 0 Å². The number of aromatic amines is 1. The van der Waals surface area contributed by atoms with Gasteiger partial charge in [-0.1, -0.05) is 166 Å². The number of aliphatic imine (C=N–C) groups is 1. The molecule has 0 radical (unpaired) electrons. The minimum atomic E-state index is -0.880. The van der Waals surface area contributed by atoms with Crippen molar-refractivity contribution >= 4 is 47.5 Å². The number of anilines is 1. The van der Waals surface area contributed by atoms with Crippen LogP contribution < -0.4 is 10.6 Å². The Bertz CT molecular complexity index is 2450. The van der Waals surface area contributed by atoms with Crippen molar-refractivity contribution in [1.29, 1.82) is 0 Å². The number of nitrogens with zero attached hydrogens (tertiary/aromatic N) is 1. The molecule has 12 nitrogen and oxygen atoms in total. The average molecular weight is 1140 g/mol. The quantitative estimate of drug-likeness (QED) is 0.0622. The number of esters is 3. The minimum absolute atomic E-state index is 0.0595. The molecule has 1 aromatic heterocycles. The number of hydrogen-bond donors (Lipinski definition) is 3. The normalized spacial score (nSPS) is 24.0. The molecule has 3 N–H and O–H groups in total. The zero-order valence-corrected chi connectivity index (χ0v) is 56.8. The summed E-state index contributed by atoms with van der Waals surface area (Å²) >= 11 is 0. The second kappa shape index (κ2) is 27.0. The molecule has 0 bridgehead atoms. The van der Waals surface area contributed by atoms with Crippen LogP contribution in [0, 0.1) is 79.3 Å². The van der Waals surface area contributed by atoms with Gasteiger partial charge in [-0.05, 0) is 153 Å². The van der Waals surface area contributed by atoms with E-state index >= 15 is 14.4 Å². The first kappa shape index (κ1) is 70.3. The van der Waals surface area contributed by atoms with Gasteiger partial charge in [-0.25, -0.2) is 14.6 Å². The van der Waals surface area contributed by atoms with Crippen LogP contribution >= 0.6 is 0 Å². The summed E-state index contributed by atoms with van der Waals surface area (Å²) in [5.74, 6) is -0.731. The Balaban J connectivity index is 2.07. The topological polar surface area (TPSA) is 165 Å². The third kappa shape index (κ3) is 15.8. The summed E-state index contributed by atoms with van der Waals surface area (Å²) in [6.45, 7) is 55.6. The van der Waals surface area contributed by atoms with Gasteiger partial charge in [0.05, 0.1) is 17.7 Å². The van der Waals surface area contributed by atoms with Gasteiger partial charge in [-0.3, -0.25) is 14.4 Å². The Labute approximate surface area is 498 Å². The molecular weight excluding hydrogens is 1020 g/mol. The second-order valence-corrected chi connectivity index (χ2v) is 31.3. The lowest BCUT2D eigenvalue weighted by atomic mass is 9.59. The van der Waals surface area contributed by atoms with E-state index in [0.717, 1.165) is 25.7 Å². The monoisotopic (exact) mass is 1140 g/mol. The Kier molecular flexibility index (Phi) is 23.1. The predicted molar refractivity (Wildman–Crippen MR) is 337 cm³/mol. The third-order valence-corrected chi connectivity index (χ3v) is 20.4. The van der Waals surface area contributed by atoms with Crippen LogP contribution in [0.4, 0.5) is 5.82 Å². The van der Waals surface area contributed by atoms with Crippen molar-refractivity contribution in [1.82, 2.24) is 10.3 Å². The molecular formula is C70H118N4O8. The highest BCUT2D eigenvalue weighted by Crippen LogP contribution is 2.52. The maximum atomic E-state index is 15.7. The molecule has 0 aromatic carbocycles. The van der Waals surface area contributed by atoms with E-state index in [-0.39, 0.29) is 110 Å². The zero-order chi connectivity index (χ0) is 62.6. The highest BCUT2D eigenvalue weighted by atomic mass is 16.6. The Morgan fingerprint density at radius 2 is 1.00 bits per heavy atom. The van der Waals surface area contributed by atoms with E-state index in [1.54, 1.807) is 0 Å². The zero-order valence-electron chi connectivity index (χ0n) is 56.8. The van der Waals surface area contributed by atoms with Gasteiger partial charge in [0.2, 0.25) is 11.8 Å². The second-order valence-electron chi connectivity index (χ2n) is 31.3. The van der Waals surface area contributed by atoms with Crippen LogP contribution in [-0.4, -0.2) is 59.4 Å². The van der Waals surface area contributed by atoms with Crippen molar-refractivity contribution in [3.05, 3.63) is 33.7 Å². The summed E-state index contributed by atoms with van der Waals surface area (Å²) in [5.41, 5.74) is -0.119. The Morgan fingerprint density at radius 1 is 0.585 bits per heavy atom. The number of rotatable bonds is 21. The van der Waals surface area contributed by atoms with E-state index in [2.05, 4.69) is 113 Å². The first-order valence-electron chi connectivity index (χ1n) is 32.2. The number of nitrogens with one attached hydrogen (secondary N) is 3. The number of allylic oxidation sites excluding steroid dienone is 1. The van der Waals surface area contributed by atoms with Crippen LogP contribution in [0.25, 0.3) is 6.08 Å². The van der Waals surface area contributed by atoms with E-state index in [1.807, 2.05) is 89.2 Å². The van der Waals surface area contributed by atoms with Gasteiger partial charge in [0.1, 0.15) is 35.0 Å². The predicted octanol–water partition coefficient (Wildman–Crippen LogP) is 17.6. The van der Waals surface area contributed by atoms with Crippen molar-refractivity contribution in [3.8, 4) is 0 Å². The van der Waals surface area contributed by atoms with Gasteiger partial charge in [-0.15, -0.1) is 0 Å². The van der Waals surface area contributed by atoms with Gasteiger partial charge in [-0.2, -0.15) is 0 Å². The maximum absolute atomic E-state index is 15.7. The van der Waals surface area contributed by atoms with Crippen molar-refractivity contribution < 1.29 is 38.2 Å². The number of carbonyl (C=O) groups is 5. The van der Waals surface area contributed by atoms with Gasteiger partial charge in [0, 0.05) is 40.2 Å². The molecule has 4 atom stereocenters. The van der Waals surface area contributed by atoms with E-state index in [9.17, 15) is 9.59 Å². The fourth-order valence-corrected chi connectivity index (χ4v) is 13.9. The molecule has 1 aromatic rings. The van der Waals surface area contributed by atoms with E-state index in [4.69, 9.17) is 19.2 Å². The standard InChI is InChI=1S/C70H118N4O8/c1-27-68(25,26)63(79)80-35-33-34-70(31-5,32-6)62(78)74-58-54(60(76)82-56-47(66(19,20)21)38-44(12)39-48(56)67(22,23)24)52(42(9)10)50(72-58)40-49-51(41(7)8)53(57(71-49)73-61(77)69(28-2,29-3)30-4)59(75)81-55-45(64(13,14)15)36-43(11)37-46(55)65(16,17)18/h40-48,55-56,71H,27-39H2,1-26H3,(H,73,77)(H,72,74,78). The van der Waals surface area contributed by atoms with Crippen LogP contribution in [0.15, 0.2) is 21.8 Å². The van der Waals surface area contributed by atoms with E-state index in [0.29, 0.717) is 85.7 Å². The van der Waals surface area contributed by atoms with Crippen LogP contribution in [0.2, 0.25) is 0 Å². The molecule has 82 heavy (non-hydrogen) atoms. The molecule has 4 unspecified atom stereocenters. The first-order valence-corrected chi connectivity index (χ1v) is 32.2. The third-order valence-electron chi connectivity index (χ3n) is 20.4. The fourth-order valence-electron chi connectivity index (χ4n) is 13.9. The van der Waals surface area contributed by atoms with Crippen molar-refractivity contribution in [2.45, 2.75) is 275 Å². The van der Waals surface area contributed by atoms with Crippen LogP contribution in [0.5, 0.6) is 0 Å². The number of aromatic nitrogens is 1. The molecule has 466 valence electrons. The smallest absolute Gasteiger partial charge is 0.342 e. The molecule has 0 saturated heterocycles. The van der Waals surface area contributed by atoms with Gasteiger partial charge in [0.25, 0.3) is 0 Å². The number of hydrogen-bond acceptors (Lipinski definition) is 9. The molecule has 0 spiro atoms. The van der Waals surface area contributed by atoms with Crippen molar-refractivity contribution in [2.24, 2.45) is 84.3 Å². The van der Waals surface area contributed by atoms with Crippen LogP contribution in [0.3, 0.4) is 0 Å². The lowest BCUT2D eigenvalue weighted by Gasteiger charge is -2.50. The molecule has 4 rings (SSSR count). The average Bonchev–Trinajstić information content (AvgIpc) is 4.02. The van der Waals surface area contributed by atoms with Gasteiger partial charge < -0.3 is 29.8 Å². The lowest BCUT2D eigenvalue weighted by molar-refractivity contribution is -0.164. The molecule has 1 aliphatic heterocycles. The van der Waals surface area contributed by atoms with Crippen molar-refractivity contribution in [3.63, 3.8) is 0 Å². The number of amides is 2. The minimum Gasteiger partial charge on any atom is -0.465 e. The number of amidine groups is 1. The number of carbonyl (C=O) groups excluding carboxylic acids is 5. The molecule has 2 saturated carbocycles. The molecule has 3 aliphatic rings. The van der Waals surface area contributed by atoms with Crippen molar-refractivity contribution in [2.75, 3.05) is 11.9 Å². The first-order chi connectivity index (χ1) is 37.6. The maximum Gasteiger partial charge on any atom is 0.342 e.